The summed E-state index contributed by atoms with van der Waals surface area (Å²) in [6, 6.07) is 29.0. The first-order valence-corrected chi connectivity index (χ1v) is 18.3. The van der Waals surface area contributed by atoms with Crippen molar-refractivity contribution >= 4 is 62.9 Å². The highest BCUT2D eigenvalue weighted by atomic mass is 35.5. The van der Waals surface area contributed by atoms with Crippen molar-refractivity contribution in [2.45, 2.75) is 19.1 Å². The van der Waals surface area contributed by atoms with Gasteiger partial charge in [-0.05, 0) is 79.2 Å². The van der Waals surface area contributed by atoms with Crippen molar-refractivity contribution in [3.8, 4) is 11.5 Å². The Bertz CT molecular complexity index is 2720. The molecular weight excluding hydrogens is 826 g/mol. The summed E-state index contributed by atoms with van der Waals surface area (Å²) in [6.45, 7) is 1.82. The lowest BCUT2D eigenvalue weighted by Crippen LogP contribution is -2.15. The number of nitrogens with zero attached hydrogens (tertiary/aromatic N) is 4. The molecule has 5 N–H and O–H groups in total. The molecule has 1 atom stereocenters. The van der Waals surface area contributed by atoms with Crippen molar-refractivity contribution in [1.29, 1.82) is 0 Å². The van der Waals surface area contributed by atoms with Crippen LogP contribution in [-0.2, 0) is 6.18 Å². The Hall–Kier alpha value is -6.90. The van der Waals surface area contributed by atoms with Gasteiger partial charge in [0.1, 0.15) is 45.8 Å². The SMILES string of the molecule is Cc1ccc(C(Nc2cc(Cl)ccn2)c2ccc3cccnc3c2O)c(F)c1.Nc1cc(Cl)ccn1.O=Cc1ccc(C(F)(F)F)cc1F.Oc1cccc2cccnc12. The Morgan fingerprint density at radius 3 is 1.90 bits per heavy atom. The number of halogens is 7. The van der Waals surface area contributed by atoms with Crippen LogP contribution < -0.4 is 11.1 Å². The molecule has 4 heterocycles. The largest absolute Gasteiger partial charge is 0.506 e. The number of nitrogen functional groups attached to an aromatic ring is 1. The Morgan fingerprint density at radius 2 is 1.32 bits per heavy atom. The Morgan fingerprint density at radius 1 is 0.683 bits per heavy atom. The van der Waals surface area contributed by atoms with E-state index in [9.17, 15) is 37.0 Å². The van der Waals surface area contributed by atoms with Crippen molar-refractivity contribution in [1.82, 2.24) is 19.9 Å². The molecule has 60 heavy (non-hydrogen) atoms. The standard InChI is InChI=1S/C22H17ClFN3O.C9H7NO.C8H4F4O.C5H5ClN2/c1-13-4-6-16(18(24)11-13)21(27-19-12-15(23)8-10-25-19)17-7-5-14-3-2-9-26-20(14)22(17)28;11-8-5-1-3-7-4-2-6-10-9(7)8;9-7-3-6(8(10,11)12)2-1-5(7)4-13;6-4-1-2-8-5(7)3-4/h2-12,21,28H,1H3,(H,25,27);1-6,11H;1-4H;1-3H,(H2,7,8). The fourth-order valence-electron chi connectivity index (χ4n) is 5.51. The molecule has 0 radical (unpaired) electrons. The number of rotatable bonds is 5. The molecule has 0 spiro atoms. The minimum absolute atomic E-state index is 0.00222. The number of benzene rings is 4. The van der Waals surface area contributed by atoms with E-state index in [-0.39, 0.29) is 29.2 Å². The second-order valence-corrected chi connectivity index (χ2v) is 13.5. The Kier molecular flexibility index (Phi) is 14.9. The Balaban J connectivity index is 0.000000175. The summed E-state index contributed by atoms with van der Waals surface area (Å²) in [5, 5.41) is 26.3. The number of aromatic nitrogens is 4. The number of phenolic OH excluding ortho intramolecular Hbond substituents is 2. The van der Waals surface area contributed by atoms with Crippen LogP contribution in [0.3, 0.4) is 0 Å². The van der Waals surface area contributed by atoms with Gasteiger partial charge in [0.05, 0.1) is 17.2 Å². The quantitative estimate of drug-likeness (QED) is 0.0981. The third-order valence-electron chi connectivity index (χ3n) is 8.38. The smallest absolute Gasteiger partial charge is 0.416 e. The van der Waals surface area contributed by atoms with Gasteiger partial charge in [-0.1, -0.05) is 71.7 Å². The predicted octanol–water partition coefficient (Wildman–Crippen LogP) is 11.6. The van der Waals surface area contributed by atoms with E-state index >= 15 is 0 Å². The zero-order valence-electron chi connectivity index (χ0n) is 31.2. The maximum absolute atomic E-state index is 14.8. The second-order valence-electron chi connectivity index (χ2n) is 12.6. The molecule has 0 aliphatic rings. The van der Waals surface area contributed by atoms with E-state index in [2.05, 4.69) is 25.3 Å². The summed E-state index contributed by atoms with van der Waals surface area (Å²) in [7, 11) is 0. The molecule has 8 rings (SSSR count). The number of aryl methyl sites for hydroxylation is 1. The molecule has 1 unspecified atom stereocenters. The Labute approximate surface area is 350 Å². The van der Waals surface area contributed by atoms with E-state index in [0.717, 1.165) is 22.4 Å². The number of aldehydes is 1. The average Bonchev–Trinajstić information content (AvgIpc) is 3.21. The highest BCUT2D eigenvalue weighted by Crippen LogP contribution is 2.37. The first-order chi connectivity index (χ1) is 28.6. The van der Waals surface area contributed by atoms with Crippen LogP contribution in [0, 0.1) is 18.6 Å². The zero-order chi connectivity index (χ0) is 43.4. The van der Waals surface area contributed by atoms with E-state index in [1.807, 2.05) is 43.3 Å². The number of phenols is 2. The molecule has 0 fully saturated rings. The molecule has 0 aliphatic carbocycles. The van der Waals surface area contributed by atoms with Crippen LogP contribution in [0.5, 0.6) is 11.5 Å². The van der Waals surface area contributed by atoms with Crippen molar-refractivity contribution in [3.05, 3.63) is 190 Å². The summed E-state index contributed by atoms with van der Waals surface area (Å²) in [6.07, 6.45) is 1.99. The van der Waals surface area contributed by atoms with Gasteiger partial charge in [0.2, 0.25) is 0 Å². The molecule has 0 saturated carbocycles. The highest BCUT2D eigenvalue weighted by molar-refractivity contribution is 6.31. The maximum Gasteiger partial charge on any atom is 0.416 e. The molecule has 4 aromatic heterocycles. The van der Waals surface area contributed by atoms with Crippen molar-refractivity contribution in [2.75, 3.05) is 11.1 Å². The van der Waals surface area contributed by atoms with Crippen LogP contribution in [-0.4, -0.2) is 36.4 Å². The number of aromatic hydroxyl groups is 2. The number of carbonyl (C=O) groups excluding carboxylic acids is 1. The number of hydrogen-bond donors (Lipinski definition) is 4. The maximum atomic E-state index is 14.8. The number of alkyl halides is 3. The molecule has 0 saturated heterocycles. The van der Waals surface area contributed by atoms with E-state index in [0.29, 0.717) is 56.0 Å². The number of hydrogen-bond acceptors (Lipinski definition) is 9. The molecule has 8 aromatic rings. The van der Waals surface area contributed by atoms with E-state index < -0.39 is 23.6 Å². The minimum atomic E-state index is -4.58. The van der Waals surface area contributed by atoms with E-state index in [1.54, 1.807) is 79.4 Å². The normalized spacial score (nSPS) is 11.2. The molecule has 16 heteroatoms. The average molecular weight is 860 g/mol. The van der Waals surface area contributed by atoms with Gasteiger partial charge in [0, 0.05) is 56.7 Å². The van der Waals surface area contributed by atoms with Crippen LogP contribution in [0.25, 0.3) is 21.8 Å². The second kappa shape index (κ2) is 20.2. The number of nitrogens with two attached hydrogens (primary N) is 1. The van der Waals surface area contributed by atoms with Gasteiger partial charge in [-0.15, -0.1) is 0 Å². The van der Waals surface area contributed by atoms with Crippen molar-refractivity contribution < 1.29 is 37.0 Å². The minimum Gasteiger partial charge on any atom is -0.506 e. The molecular formula is C44H33Cl2F5N6O3. The summed E-state index contributed by atoms with van der Waals surface area (Å²) in [5.41, 5.74) is 6.59. The van der Waals surface area contributed by atoms with Gasteiger partial charge < -0.3 is 21.3 Å². The molecule has 9 nitrogen and oxygen atoms in total. The lowest BCUT2D eigenvalue weighted by atomic mass is 9.95. The van der Waals surface area contributed by atoms with Gasteiger partial charge >= 0.3 is 6.18 Å². The molecule has 306 valence electrons. The third-order valence-corrected chi connectivity index (χ3v) is 8.85. The first kappa shape index (κ1) is 44.2. The van der Waals surface area contributed by atoms with Crippen molar-refractivity contribution in [3.63, 3.8) is 0 Å². The van der Waals surface area contributed by atoms with Crippen LogP contribution in [0.4, 0.5) is 33.6 Å². The fourth-order valence-corrected chi connectivity index (χ4v) is 5.84. The molecule has 4 aromatic carbocycles. The summed E-state index contributed by atoms with van der Waals surface area (Å²) >= 11 is 11.6. The van der Waals surface area contributed by atoms with Gasteiger partial charge in [0.25, 0.3) is 0 Å². The van der Waals surface area contributed by atoms with E-state index in [4.69, 9.17) is 28.9 Å². The van der Waals surface area contributed by atoms with Gasteiger partial charge in [-0.3, -0.25) is 14.8 Å². The number of para-hydroxylation sites is 1. The number of nitrogens with one attached hydrogen (secondary N) is 1. The van der Waals surface area contributed by atoms with Gasteiger partial charge in [-0.2, -0.15) is 13.2 Å². The van der Waals surface area contributed by atoms with Crippen molar-refractivity contribution in [2.24, 2.45) is 0 Å². The number of pyridine rings is 4. The zero-order valence-corrected chi connectivity index (χ0v) is 32.8. The summed E-state index contributed by atoms with van der Waals surface area (Å²) in [5.74, 6) is -0.374. The lowest BCUT2D eigenvalue weighted by molar-refractivity contribution is -0.137. The molecule has 0 amide bonds. The highest BCUT2D eigenvalue weighted by Gasteiger charge is 2.31. The number of carbonyl (C=O) groups is 1. The fraction of sp³-hybridized carbons (Fsp3) is 0.0682. The third kappa shape index (κ3) is 11.8. The van der Waals surface area contributed by atoms with Gasteiger partial charge in [-0.25, -0.2) is 18.7 Å². The molecule has 0 bridgehead atoms. The molecule has 0 aliphatic heterocycles. The van der Waals surface area contributed by atoms with Crippen LogP contribution >= 0.6 is 23.2 Å². The lowest BCUT2D eigenvalue weighted by Gasteiger charge is -2.22. The number of anilines is 2. The first-order valence-electron chi connectivity index (χ1n) is 17.6. The van der Waals surface area contributed by atoms with Crippen LogP contribution in [0.1, 0.15) is 38.7 Å². The number of fused-ring (bicyclic) bond motifs is 2. The summed E-state index contributed by atoms with van der Waals surface area (Å²) in [4.78, 5) is 26.4. The van der Waals surface area contributed by atoms with E-state index in [1.165, 1.54) is 6.07 Å². The summed E-state index contributed by atoms with van der Waals surface area (Å²) < 4.78 is 63.3. The van der Waals surface area contributed by atoms with Crippen LogP contribution in [0.15, 0.2) is 140 Å². The predicted molar refractivity (Wildman–Crippen MR) is 223 cm³/mol. The topological polar surface area (TPSA) is 147 Å². The van der Waals surface area contributed by atoms with Gasteiger partial charge in [0.15, 0.2) is 6.29 Å². The van der Waals surface area contributed by atoms with Crippen LogP contribution in [0.2, 0.25) is 10.0 Å². The monoisotopic (exact) mass is 858 g/mol.